The highest BCUT2D eigenvalue weighted by atomic mass is 19.1. The van der Waals surface area contributed by atoms with E-state index < -0.39 is 5.82 Å². The first-order valence-electron chi connectivity index (χ1n) is 4.20. The van der Waals surface area contributed by atoms with Gasteiger partial charge in [-0.25, -0.2) is 4.39 Å². The van der Waals surface area contributed by atoms with E-state index in [1.807, 2.05) is 0 Å². The fourth-order valence-electron chi connectivity index (χ4n) is 1.04. The molecule has 0 heterocycles. The Morgan fingerprint density at radius 2 is 2.00 bits per heavy atom. The van der Waals surface area contributed by atoms with Crippen LogP contribution in [0, 0.1) is 5.82 Å². The second-order valence-corrected chi connectivity index (χ2v) is 2.74. The first-order valence-corrected chi connectivity index (χ1v) is 4.20. The Morgan fingerprint density at radius 3 is 2.43 bits per heavy atom. The number of benzene rings is 1. The lowest BCUT2D eigenvalue weighted by Crippen LogP contribution is -2.13. The smallest absolute Gasteiger partial charge is 0.210 e. The molecule has 1 aromatic rings. The van der Waals surface area contributed by atoms with Gasteiger partial charge in [0.15, 0.2) is 0 Å². The molecule has 1 rings (SSSR count). The number of Topliss-reactive ketones (excluding diaryl/α,β-unsaturated/α-hetero) is 1. The molecule has 0 spiro atoms. The van der Waals surface area contributed by atoms with E-state index in [9.17, 15) is 9.18 Å². The number of nitrogens with zero attached hydrogens (tertiary/aromatic N) is 1. The molecule has 14 heavy (non-hydrogen) atoms. The molecular formula is C10H10FNO2. The number of carbonyl (C=O) groups excluding carboxylic acids is 1. The van der Waals surface area contributed by atoms with Crippen molar-refractivity contribution in [3.05, 3.63) is 35.6 Å². The van der Waals surface area contributed by atoms with Crippen LogP contribution in [0.25, 0.3) is 0 Å². The van der Waals surface area contributed by atoms with Crippen molar-refractivity contribution >= 4 is 11.5 Å². The van der Waals surface area contributed by atoms with Gasteiger partial charge in [0.05, 0.1) is 0 Å². The molecule has 0 aromatic heterocycles. The average Bonchev–Trinajstić information content (AvgIpc) is 2.20. The maximum Gasteiger partial charge on any atom is 0.210 e. The summed E-state index contributed by atoms with van der Waals surface area (Å²) >= 11 is 0. The average molecular weight is 195 g/mol. The van der Waals surface area contributed by atoms with E-state index in [-0.39, 0.29) is 11.5 Å². The van der Waals surface area contributed by atoms with Crippen LogP contribution in [0.4, 0.5) is 4.39 Å². The SMILES string of the molecule is CCC(=NO)C(=O)c1ccc(F)cc1. The third-order valence-corrected chi connectivity index (χ3v) is 1.82. The van der Waals surface area contributed by atoms with Crippen LogP contribution < -0.4 is 0 Å². The highest BCUT2D eigenvalue weighted by molar-refractivity contribution is 6.45. The van der Waals surface area contributed by atoms with Crippen LogP contribution >= 0.6 is 0 Å². The van der Waals surface area contributed by atoms with Gasteiger partial charge in [-0.3, -0.25) is 4.79 Å². The van der Waals surface area contributed by atoms with Gasteiger partial charge < -0.3 is 5.21 Å². The van der Waals surface area contributed by atoms with Gasteiger partial charge >= 0.3 is 0 Å². The van der Waals surface area contributed by atoms with Crippen molar-refractivity contribution < 1.29 is 14.4 Å². The molecule has 0 saturated carbocycles. The topological polar surface area (TPSA) is 49.7 Å². The van der Waals surface area contributed by atoms with Crippen LogP contribution in [-0.4, -0.2) is 16.7 Å². The monoisotopic (exact) mass is 195 g/mol. The minimum absolute atomic E-state index is 0.0663. The van der Waals surface area contributed by atoms with E-state index in [4.69, 9.17) is 5.21 Å². The summed E-state index contributed by atoms with van der Waals surface area (Å²) in [7, 11) is 0. The van der Waals surface area contributed by atoms with Gasteiger partial charge in [-0.2, -0.15) is 0 Å². The molecule has 74 valence electrons. The van der Waals surface area contributed by atoms with Gasteiger partial charge in [0.1, 0.15) is 11.5 Å². The van der Waals surface area contributed by atoms with Crippen LogP contribution in [0.5, 0.6) is 0 Å². The fourth-order valence-corrected chi connectivity index (χ4v) is 1.04. The van der Waals surface area contributed by atoms with Gasteiger partial charge in [-0.05, 0) is 30.7 Å². The predicted octanol–water partition coefficient (Wildman–Crippen LogP) is 2.25. The van der Waals surface area contributed by atoms with E-state index >= 15 is 0 Å². The van der Waals surface area contributed by atoms with Crippen LogP contribution in [0.1, 0.15) is 23.7 Å². The Balaban J connectivity index is 2.95. The fraction of sp³-hybridized carbons (Fsp3) is 0.200. The molecule has 0 radical (unpaired) electrons. The maximum absolute atomic E-state index is 12.5. The number of halogens is 1. The lowest BCUT2D eigenvalue weighted by Gasteiger charge is -2.00. The highest BCUT2D eigenvalue weighted by Crippen LogP contribution is 2.05. The summed E-state index contributed by atoms with van der Waals surface area (Å²) in [5, 5.41) is 11.4. The normalized spacial score (nSPS) is 11.4. The van der Waals surface area contributed by atoms with Gasteiger partial charge in [-0.15, -0.1) is 0 Å². The minimum Gasteiger partial charge on any atom is -0.411 e. The van der Waals surface area contributed by atoms with Crippen molar-refractivity contribution in [2.75, 3.05) is 0 Å². The number of rotatable bonds is 3. The second kappa shape index (κ2) is 4.50. The van der Waals surface area contributed by atoms with Gasteiger partial charge in [0.25, 0.3) is 0 Å². The van der Waals surface area contributed by atoms with E-state index in [0.29, 0.717) is 12.0 Å². The van der Waals surface area contributed by atoms with E-state index in [0.717, 1.165) is 0 Å². The van der Waals surface area contributed by atoms with E-state index in [2.05, 4.69) is 5.16 Å². The Hall–Kier alpha value is -1.71. The summed E-state index contributed by atoms with van der Waals surface area (Å²) in [6, 6.07) is 5.10. The standard InChI is InChI=1S/C10H10FNO2/c1-2-9(12-14)10(13)7-3-5-8(11)6-4-7/h3-6,14H,2H2,1H3. The van der Waals surface area contributed by atoms with Crippen LogP contribution in [0.15, 0.2) is 29.4 Å². The van der Waals surface area contributed by atoms with Crippen molar-refractivity contribution in [3.8, 4) is 0 Å². The molecule has 0 unspecified atom stereocenters. The summed E-state index contributed by atoms with van der Waals surface area (Å²) < 4.78 is 12.5. The van der Waals surface area contributed by atoms with Crippen molar-refractivity contribution in [1.82, 2.24) is 0 Å². The summed E-state index contributed by atoms with van der Waals surface area (Å²) in [5.41, 5.74) is 0.387. The number of ketones is 1. The molecule has 4 heteroatoms. The van der Waals surface area contributed by atoms with Crippen molar-refractivity contribution in [2.24, 2.45) is 5.16 Å². The summed E-state index contributed by atoms with van der Waals surface area (Å²) in [5.74, 6) is -0.782. The molecular weight excluding hydrogens is 185 g/mol. The Labute approximate surface area is 80.9 Å². The van der Waals surface area contributed by atoms with Crippen molar-refractivity contribution in [1.29, 1.82) is 0 Å². The molecule has 0 saturated heterocycles. The zero-order valence-corrected chi connectivity index (χ0v) is 7.70. The molecule has 0 aliphatic rings. The number of hydrogen-bond donors (Lipinski definition) is 1. The minimum atomic E-state index is -0.402. The van der Waals surface area contributed by atoms with Crippen LogP contribution in [-0.2, 0) is 0 Å². The van der Waals surface area contributed by atoms with Crippen LogP contribution in [0.3, 0.4) is 0 Å². The largest absolute Gasteiger partial charge is 0.411 e. The first-order chi connectivity index (χ1) is 6.69. The van der Waals surface area contributed by atoms with Gasteiger partial charge in [-0.1, -0.05) is 12.1 Å². The lowest BCUT2D eigenvalue weighted by molar-refractivity contribution is 0.106. The molecule has 0 fully saturated rings. The molecule has 0 aliphatic heterocycles. The van der Waals surface area contributed by atoms with E-state index in [1.54, 1.807) is 6.92 Å². The Kier molecular flexibility index (Phi) is 3.34. The zero-order valence-electron chi connectivity index (χ0n) is 7.70. The number of oxime groups is 1. The van der Waals surface area contributed by atoms with Crippen molar-refractivity contribution in [3.63, 3.8) is 0 Å². The third kappa shape index (κ3) is 2.16. The molecule has 3 nitrogen and oxygen atoms in total. The first kappa shape index (κ1) is 10.4. The molecule has 0 aliphatic carbocycles. The van der Waals surface area contributed by atoms with Gasteiger partial charge in [0.2, 0.25) is 5.78 Å². The zero-order chi connectivity index (χ0) is 10.6. The van der Waals surface area contributed by atoms with Gasteiger partial charge in [0, 0.05) is 5.56 Å². The van der Waals surface area contributed by atoms with Crippen molar-refractivity contribution in [2.45, 2.75) is 13.3 Å². The Morgan fingerprint density at radius 1 is 1.43 bits per heavy atom. The molecule has 1 aromatic carbocycles. The number of hydrogen-bond acceptors (Lipinski definition) is 3. The Bertz CT molecular complexity index is 357. The number of carbonyl (C=O) groups is 1. The quantitative estimate of drug-likeness (QED) is 0.348. The highest BCUT2D eigenvalue weighted by Gasteiger charge is 2.12. The van der Waals surface area contributed by atoms with Crippen LogP contribution in [0.2, 0.25) is 0 Å². The molecule has 0 atom stereocenters. The molecule has 1 N–H and O–H groups in total. The summed E-state index contributed by atoms with van der Waals surface area (Å²) in [6.07, 6.45) is 0.340. The summed E-state index contributed by atoms with van der Waals surface area (Å²) in [4.78, 5) is 11.5. The third-order valence-electron chi connectivity index (χ3n) is 1.82. The van der Waals surface area contributed by atoms with E-state index in [1.165, 1.54) is 24.3 Å². The molecule has 0 amide bonds. The second-order valence-electron chi connectivity index (χ2n) is 2.74. The summed E-state index contributed by atoms with van der Waals surface area (Å²) in [6.45, 7) is 1.70. The molecule has 0 bridgehead atoms. The predicted molar refractivity (Wildman–Crippen MR) is 50.2 cm³/mol. The lowest BCUT2D eigenvalue weighted by atomic mass is 10.1. The maximum atomic E-state index is 12.5.